The molecule has 0 spiro atoms. The first-order chi connectivity index (χ1) is 28.4. The molecule has 0 saturated carbocycles. The van der Waals surface area contributed by atoms with E-state index in [1.54, 1.807) is 11.8 Å². The molecule has 7 aromatic carbocycles. The summed E-state index contributed by atoms with van der Waals surface area (Å²) in [4.78, 5) is 4.83. The van der Waals surface area contributed by atoms with E-state index >= 15 is 0 Å². The van der Waals surface area contributed by atoms with Crippen molar-refractivity contribution in [3.05, 3.63) is 161 Å². The van der Waals surface area contributed by atoms with E-state index in [2.05, 4.69) is 199 Å². The molecule has 3 heterocycles. The zero-order valence-corrected chi connectivity index (χ0v) is 35.8. The average molecular weight is 784 g/mol. The third-order valence-electron chi connectivity index (χ3n) is 13.7. The highest BCUT2D eigenvalue weighted by molar-refractivity contribution is 7.99. The lowest BCUT2D eigenvalue weighted by molar-refractivity contribution is 0.332. The van der Waals surface area contributed by atoms with Crippen LogP contribution in [0.2, 0.25) is 0 Å². The van der Waals surface area contributed by atoms with Crippen molar-refractivity contribution >= 4 is 58.4 Å². The molecule has 1 N–H and O–H groups in total. The molecule has 59 heavy (non-hydrogen) atoms. The van der Waals surface area contributed by atoms with E-state index in [1.807, 2.05) is 0 Å². The van der Waals surface area contributed by atoms with Gasteiger partial charge in [-0.1, -0.05) is 144 Å². The molecule has 289 valence electrons. The number of aryl methyl sites for hydroxylation is 1. The highest BCUT2D eigenvalue weighted by Crippen LogP contribution is 2.54. The van der Waals surface area contributed by atoms with Gasteiger partial charge in [-0.05, 0) is 123 Å². The molecule has 3 aliphatic heterocycles. The van der Waals surface area contributed by atoms with E-state index in [0.29, 0.717) is 0 Å². The molecule has 7 aromatic rings. The van der Waals surface area contributed by atoms with Gasteiger partial charge in [0, 0.05) is 39.8 Å². The zero-order chi connectivity index (χ0) is 40.4. The summed E-state index contributed by atoms with van der Waals surface area (Å²) in [6, 6.07) is 49.5. The molecule has 0 bridgehead atoms. The number of ether oxygens (including phenoxy) is 1. The summed E-state index contributed by atoms with van der Waals surface area (Å²) >= 11 is 1.79. The fourth-order valence-corrected chi connectivity index (χ4v) is 11.2. The molecule has 1 aliphatic carbocycles. The minimum absolute atomic E-state index is 0.0507. The highest BCUT2D eigenvalue weighted by atomic mass is 32.2. The number of nitrogens with one attached hydrogen (secondary N) is 1. The predicted octanol–water partition coefficient (Wildman–Crippen LogP) is 13.8. The van der Waals surface area contributed by atoms with E-state index in [1.165, 1.54) is 90.2 Å². The molecular formula is C54H48BN2OS. The van der Waals surface area contributed by atoms with Crippen LogP contribution in [0.15, 0.2) is 143 Å². The molecule has 0 fully saturated rings. The van der Waals surface area contributed by atoms with E-state index in [0.717, 1.165) is 33.4 Å². The van der Waals surface area contributed by atoms with Gasteiger partial charge in [0.15, 0.2) is 7.28 Å². The van der Waals surface area contributed by atoms with Crippen LogP contribution in [0.3, 0.4) is 0 Å². The number of para-hydroxylation sites is 3. The third-order valence-corrected chi connectivity index (χ3v) is 14.8. The summed E-state index contributed by atoms with van der Waals surface area (Å²) in [7, 11) is 2.44. The Morgan fingerprint density at radius 2 is 1.29 bits per heavy atom. The van der Waals surface area contributed by atoms with Gasteiger partial charge in [-0.3, -0.25) is 0 Å². The number of nitrogens with zero attached hydrogens (tertiary/aromatic N) is 1. The minimum atomic E-state index is -0.181. The topological polar surface area (TPSA) is 24.5 Å². The van der Waals surface area contributed by atoms with Crippen LogP contribution in [0.4, 0.5) is 28.4 Å². The van der Waals surface area contributed by atoms with Gasteiger partial charge < -0.3 is 15.0 Å². The van der Waals surface area contributed by atoms with Crippen molar-refractivity contribution < 1.29 is 4.74 Å². The predicted molar refractivity (Wildman–Crippen MR) is 250 cm³/mol. The number of rotatable bonds is 3. The van der Waals surface area contributed by atoms with Gasteiger partial charge in [-0.2, -0.15) is 0 Å². The van der Waals surface area contributed by atoms with Crippen molar-refractivity contribution in [3.63, 3.8) is 0 Å². The van der Waals surface area contributed by atoms with Crippen LogP contribution in [-0.4, -0.2) is 7.28 Å². The van der Waals surface area contributed by atoms with Gasteiger partial charge in [0.25, 0.3) is 0 Å². The Morgan fingerprint density at radius 1 is 0.576 bits per heavy atom. The molecule has 0 amide bonds. The first kappa shape index (κ1) is 36.4. The number of hydrogen-bond donors (Lipinski definition) is 1. The van der Waals surface area contributed by atoms with Crippen LogP contribution in [0.5, 0.6) is 11.5 Å². The normalized spacial score (nSPS) is 17.0. The zero-order valence-electron chi connectivity index (χ0n) is 35.0. The molecule has 11 rings (SSSR count). The fourth-order valence-electron chi connectivity index (χ4n) is 10.2. The standard InChI is InChI=1S/C54H48BN2OS/c1-32-26-39-40(53(4,5)25-24-52(39,2)3)29-43(32)57-44-31-47-49(59-48-23-14-13-22-46(48)58-47)30-41(44)55-50-36(27-34(28-45(50)57)33-16-9-8-10-17-33)35-18-15-20-38-51(35)56-42-21-12-11-19-37(42)54(38,6)7/h8-23,26-31,56H,24-25H2,1-7H3. The van der Waals surface area contributed by atoms with Gasteiger partial charge in [0.1, 0.15) is 11.5 Å². The molecule has 3 nitrogen and oxygen atoms in total. The van der Waals surface area contributed by atoms with Gasteiger partial charge in [-0.25, -0.2) is 0 Å². The Kier molecular flexibility index (Phi) is 7.98. The van der Waals surface area contributed by atoms with Gasteiger partial charge in [-0.15, -0.1) is 0 Å². The van der Waals surface area contributed by atoms with Crippen molar-refractivity contribution in [3.8, 4) is 33.8 Å². The van der Waals surface area contributed by atoms with E-state index < -0.39 is 0 Å². The summed E-state index contributed by atoms with van der Waals surface area (Å²) in [5.41, 5.74) is 19.8. The average Bonchev–Trinajstić information content (AvgIpc) is 3.23. The SMILES string of the molecule is Cc1cc2c(cc1N1c3cc4c(cc3[B]c3c(-c5cccc6c5Nc5ccccc5C6(C)C)cc(-c5ccccc5)cc31)Sc1ccccc1O4)C(C)(C)CCC2(C)C. The van der Waals surface area contributed by atoms with E-state index in [-0.39, 0.29) is 16.2 Å². The Balaban J connectivity index is 1.20. The molecule has 0 atom stereocenters. The monoisotopic (exact) mass is 783 g/mol. The molecule has 1 radical (unpaired) electrons. The number of fused-ring (bicyclic) bond motifs is 7. The molecule has 0 saturated heterocycles. The Labute approximate surface area is 354 Å². The first-order valence-corrected chi connectivity index (χ1v) is 21.9. The molecular weight excluding hydrogens is 735 g/mol. The highest BCUT2D eigenvalue weighted by Gasteiger charge is 2.40. The lowest BCUT2D eigenvalue weighted by Gasteiger charge is -2.44. The summed E-state index contributed by atoms with van der Waals surface area (Å²) in [6.45, 7) is 16.7. The smallest absolute Gasteiger partial charge is 0.197 e. The maximum absolute atomic E-state index is 6.72. The minimum Gasteiger partial charge on any atom is -0.455 e. The van der Waals surface area contributed by atoms with E-state index in [9.17, 15) is 0 Å². The second-order valence-electron chi connectivity index (χ2n) is 18.8. The number of anilines is 5. The van der Waals surface area contributed by atoms with Crippen LogP contribution in [0.1, 0.15) is 82.2 Å². The fraction of sp³-hybridized carbons (Fsp3) is 0.222. The Hall–Kier alpha value is -5.65. The van der Waals surface area contributed by atoms with Gasteiger partial charge >= 0.3 is 0 Å². The van der Waals surface area contributed by atoms with Crippen LogP contribution >= 0.6 is 11.8 Å². The van der Waals surface area contributed by atoms with E-state index in [4.69, 9.17) is 4.74 Å². The molecule has 0 unspecified atom stereocenters. The van der Waals surface area contributed by atoms with Crippen molar-refractivity contribution in [1.82, 2.24) is 0 Å². The molecule has 0 aromatic heterocycles. The van der Waals surface area contributed by atoms with Crippen LogP contribution < -0.4 is 25.9 Å². The quantitative estimate of drug-likeness (QED) is 0.180. The van der Waals surface area contributed by atoms with Crippen LogP contribution in [0, 0.1) is 6.92 Å². The van der Waals surface area contributed by atoms with Gasteiger partial charge in [0.05, 0.1) is 15.5 Å². The molecule has 5 heteroatoms. The Morgan fingerprint density at radius 3 is 2.10 bits per heavy atom. The largest absolute Gasteiger partial charge is 0.455 e. The van der Waals surface area contributed by atoms with Crippen LogP contribution in [0.25, 0.3) is 22.3 Å². The van der Waals surface area contributed by atoms with Crippen molar-refractivity contribution in [2.24, 2.45) is 0 Å². The third kappa shape index (κ3) is 5.64. The van der Waals surface area contributed by atoms with Crippen molar-refractivity contribution in [2.45, 2.75) is 87.3 Å². The number of hydrogen-bond acceptors (Lipinski definition) is 4. The maximum Gasteiger partial charge on any atom is 0.197 e. The van der Waals surface area contributed by atoms with Gasteiger partial charge in [0.2, 0.25) is 0 Å². The summed E-state index contributed by atoms with van der Waals surface area (Å²) in [5, 5.41) is 3.95. The maximum atomic E-state index is 6.72. The lowest BCUT2D eigenvalue weighted by atomic mass is 9.57. The Bertz CT molecular complexity index is 2890. The molecule has 4 aliphatic rings. The second-order valence-corrected chi connectivity index (χ2v) is 19.9. The summed E-state index contributed by atoms with van der Waals surface area (Å²) in [5.74, 6) is 1.80. The van der Waals surface area contributed by atoms with Crippen LogP contribution in [-0.2, 0) is 16.2 Å². The van der Waals surface area contributed by atoms with Crippen molar-refractivity contribution in [2.75, 3.05) is 10.2 Å². The summed E-state index contributed by atoms with van der Waals surface area (Å²) in [6.07, 6.45) is 2.33. The second kappa shape index (κ2) is 12.9. The first-order valence-electron chi connectivity index (χ1n) is 21.0. The van der Waals surface area contributed by atoms with Crippen molar-refractivity contribution in [1.29, 1.82) is 0 Å². The lowest BCUT2D eigenvalue weighted by Crippen LogP contribution is -2.42. The number of benzene rings is 7. The summed E-state index contributed by atoms with van der Waals surface area (Å²) < 4.78 is 6.72.